The first-order valence-electron chi connectivity index (χ1n) is 6.36. The highest BCUT2D eigenvalue weighted by atomic mass is 16.1. The molecule has 2 aliphatic heterocycles. The van der Waals surface area contributed by atoms with Crippen LogP contribution < -0.4 is 5.32 Å². The lowest BCUT2D eigenvalue weighted by Gasteiger charge is -2.47. The summed E-state index contributed by atoms with van der Waals surface area (Å²) in [5, 5.41) is 3.12. The maximum absolute atomic E-state index is 11.5. The monoisotopic (exact) mass is 222 g/mol. The van der Waals surface area contributed by atoms with Gasteiger partial charge in [-0.05, 0) is 45.7 Å². The molecule has 1 N–H and O–H groups in total. The number of nitrogens with zero attached hydrogens (tertiary/aromatic N) is 1. The van der Waals surface area contributed by atoms with E-state index in [1.807, 2.05) is 6.92 Å². The van der Waals surface area contributed by atoms with Gasteiger partial charge in [0.1, 0.15) is 0 Å². The van der Waals surface area contributed by atoms with Gasteiger partial charge in [0.05, 0.1) is 0 Å². The van der Waals surface area contributed by atoms with Crippen molar-refractivity contribution in [1.29, 1.82) is 0 Å². The van der Waals surface area contributed by atoms with Crippen LogP contribution >= 0.6 is 0 Å². The Morgan fingerprint density at radius 1 is 1.31 bits per heavy atom. The van der Waals surface area contributed by atoms with Gasteiger partial charge in [0.15, 0.2) is 0 Å². The molecule has 0 aromatic carbocycles. The van der Waals surface area contributed by atoms with E-state index in [0.29, 0.717) is 18.1 Å². The zero-order valence-corrected chi connectivity index (χ0v) is 10.3. The molecule has 16 heavy (non-hydrogen) atoms. The summed E-state index contributed by atoms with van der Waals surface area (Å²) in [5.41, 5.74) is 0. The number of hydrogen-bond donors (Lipinski definition) is 1. The van der Waals surface area contributed by atoms with E-state index in [2.05, 4.69) is 17.3 Å². The number of rotatable bonds is 2. The number of allylic oxidation sites excluding steroid dienone is 1. The normalized spacial score (nSPS) is 35.2. The van der Waals surface area contributed by atoms with E-state index in [1.54, 1.807) is 12.2 Å². The van der Waals surface area contributed by atoms with E-state index in [9.17, 15) is 4.79 Å². The molecule has 3 heteroatoms. The Balaban J connectivity index is 1.92. The van der Waals surface area contributed by atoms with Crippen LogP contribution in [-0.4, -0.2) is 36.0 Å². The molecule has 2 saturated heterocycles. The van der Waals surface area contributed by atoms with Gasteiger partial charge in [-0.2, -0.15) is 0 Å². The van der Waals surface area contributed by atoms with Crippen molar-refractivity contribution in [3.8, 4) is 0 Å². The predicted molar refractivity (Wildman–Crippen MR) is 65.2 cm³/mol. The molecule has 0 radical (unpaired) electrons. The predicted octanol–water partition coefficient (Wildman–Crippen LogP) is 1.69. The average molecular weight is 222 g/mol. The number of fused-ring (bicyclic) bond motifs is 2. The van der Waals surface area contributed by atoms with Crippen LogP contribution in [-0.2, 0) is 4.79 Å². The minimum Gasteiger partial charge on any atom is -0.350 e. The van der Waals surface area contributed by atoms with Crippen molar-refractivity contribution < 1.29 is 4.79 Å². The molecule has 0 aromatic rings. The van der Waals surface area contributed by atoms with Crippen LogP contribution in [0, 0.1) is 0 Å². The fraction of sp³-hybridized carbons (Fsp3) is 0.769. The SMILES string of the molecule is CC=CC(=O)NC1CC2CCCC(C1)N2C. The van der Waals surface area contributed by atoms with Crippen LogP contribution in [0.3, 0.4) is 0 Å². The van der Waals surface area contributed by atoms with Gasteiger partial charge in [-0.15, -0.1) is 0 Å². The summed E-state index contributed by atoms with van der Waals surface area (Å²) in [6, 6.07) is 1.75. The fourth-order valence-corrected chi connectivity index (χ4v) is 3.13. The second kappa shape index (κ2) is 5.00. The van der Waals surface area contributed by atoms with Gasteiger partial charge in [-0.3, -0.25) is 4.79 Å². The zero-order valence-electron chi connectivity index (χ0n) is 10.3. The number of hydrogen-bond acceptors (Lipinski definition) is 2. The molecule has 2 atom stereocenters. The Bertz CT molecular complexity index is 274. The number of piperidine rings is 2. The summed E-state index contributed by atoms with van der Waals surface area (Å²) in [4.78, 5) is 14.0. The van der Waals surface area contributed by atoms with Gasteiger partial charge in [-0.1, -0.05) is 12.5 Å². The molecule has 0 saturated carbocycles. The molecule has 0 spiro atoms. The van der Waals surface area contributed by atoms with Gasteiger partial charge in [0.2, 0.25) is 5.91 Å². The lowest BCUT2D eigenvalue weighted by molar-refractivity contribution is -0.118. The van der Waals surface area contributed by atoms with Crippen molar-refractivity contribution in [2.75, 3.05) is 7.05 Å². The molecular formula is C13H22N2O. The molecule has 2 fully saturated rings. The third-order valence-electron chi connectivity index (χ3n) is 4.00. The topological polar surface area (TPSA) is 32.3 Å². The fourth-order valence-electron chi connectivity index (χ4n) is 3.13. The summed E-state index contributed by atoms with van der Waals surface area (Å²) in [7, 11) is 2.23. The van der Waals surface area contributed by atoms with E-state index in [-0.39, 0.29) is 5.91 Å². The zero-order chi connectivity index (χ0) is 11.5. The summed E-state index contributed by atoms with van der Waals surface area (Å²) in [5.74, 6) is 0.0649. The maximum Gasteiger partial charge on any atom is 0.243 e. The Morgan fingerprint density at radius 3 is 2.50 bits per heavy atom. The van der Waals surface area contributed by atoms with Crippen molar-refractivity contribution >= 4 is 5.91 Å². The summed E-state index contributed by atoms with van der Waals surface area (Å²) in [6.07, 6.45) is 9.60. The van der Waals surface area contributed by atoms with Crippen molar-refractivity contribution in [1.82, 2.24) is 10.2 Å². The molecule has 0 aromatic heterocycles. The van der Waals surface area contributed by atoms with E-state index >= 15 is 0 Å². The van der Waals surface area contributed by atoms with Crippen LogP contribution in [0.15, 0.2) is 12.2 Å². The Hall–Kier alpha value is -0.830. The van der Waals surface area contributed by atoms with E-state index in [4.69, 9.17) is 0 Å². The average Bonchev–Trinajstić information content (AvgIpc) is 2.20. The number of carbonyl (C=O) groups is 1. The highest BCUT2D eigenvalue weighted by molar-refractivity contribution is 5.87. The van der Waals surface area contributed by atoms with E-state index < -0.39 is 0 Å². The Kier molecular flexibility index (Phi) is 3.64. The largest absolute Gasteiger partial charge is 0.350 e. The van der Waals surface area contributed by atoms with Crippen LogP contribution in [0.1, 0.15) is 39.0 Å². The summed E-state index contributed by atoms with van der Waals surface area (Å²) < 4.78 is 0. The minimum atomic E-state index is 0.0649. The second-order valence-electron chi connectivity index (χ2n) is 5.08. The third-order valence-corrected chi connectivity index (χ3v) is 4.00. The van der Waals surface area contributed by atoms with Gasteiger partial charge < -0.3 is 10.2 Å². The van der Waals surface area contributed by atoms with Crippen molar-refractivity contribution in [3.63, 3.8) is 0 Å². The number of carbonyl (C=O) groups excluding carboxylic acids is 1. The molecule has 2 unspecified atom stereocenters. The second-order valence-corrected chi connectivity index (χ2v) is 5.08. The molecule has 2 aliphatic rings. The third kappa shape index (κ3) is 2.46. The Morgan fingerprint density at radius 2 is 1.94 bits per heavy atom. The molecule has 1 amide bonds. The van der Waals surface area contributed by atoms with Crippen LogP contribution in [0.4, 0.5) is 0 Å². The first-order chi connectivity index (χ1) is 7.70. The molecular weight excluding hydrogens is 200 g/mol. The highest BCUT2D eigenvalue weighted by Crippen LogP contribution is 2.32. The quantitative estimate of drug-likeness (QED) is 0.721. The Labute approximate surface area is 97.9 Å². The standard InChI is InChI=1S/C13H22N2O/c1-3-5-13(16)14-10-8-11-6-4-7-12(9-10)15(11)2/h3,5,10-12H,4,6-9H2,1-2H3,(H,14,16). The smallest absolute Gasteiger partial charge is 0.243 e. The molecule has 90 valence electrons. The molecule has 2 bridgehead atoms. The van der Waals surface area contributed by atoms with Gasteiger partial charge in [0, 0.05) is 18.1 Å². The van der Waals surface area contributed by atoms with E-state index in [0.717, 1.165) is 12.8 Å². The van der Waals surface area contributed by atoms with Gasteiger partial charge in [-0.25, -0.2) is 0 Å². The van der Waals surface area contributed by atoms with Gasteiger partial charge in [0.25, 0.3) is 0 Å². The van der Waals surface area contributed by atoms with Crippen LogP contribution in [0.25, 0.3) is 0 Å². The van der Waals surface area contributed by atoms with Crippen molar-refractivity contribution in [3.05, 3.63) is 12.2 Å². The number of nitrogens with one attached hydrogen (secondary N) is 1. The maximum atomic E-state index is 11.5. The van der Waals surface area contributed by atoms with Crippen LogP contribution in [0.2, 0.25) is 0 Å². The highest BCUT2D eigenvalue weighted by Gasteiger charge is 2.36. The lowest BCUT2D eigenvalue weighted by Crippen LogP contribution is -2.55. The lowest BCUT2D eigenvalue weighted by atomic mass is 9.82. The molecule has 2 rings (SSSR count). The summed E-state index contributed by atoms with van der Waals surface area (Å²) in [6.45, 7) is 1.88. The first-order valence-corrected chi connectivity index (χ1v) is 6.36. The molecule has 2 heterocycles. The van der Waals surface area contributed by atoms with Crippen LogP contribution in [0.5, 0.6) is 0 Å². The molecule has 3 nitrogen and oxygen atoms in total. The van der Waals surface area contributed by atoms with Gasteiger partial charge >= 0.3 is 0 Å². The molecule has 0 aliphatic carbocycles. The minimum absolute atomic E-state index is 0.0649. The van der Waals surface area contributed by atoms with Crippen molar-refractivity contribution in [2.24, 2.45) is 0 Å². The van der Waals surface area contributed by atoms with E-state index in [1.165, 1.54) is 19.3 Å². The van der Waals surface area contributed by atoms with Crippen molar-refractivity contribution in [2.45, 2.75) is 57.2 Å². The number of amides is 1. The summed E-state index contributed by atoms with van der Waals surface area (Å²) >= 11 is 0. The first kappa shape index (κ1) is 11.6.